The minimum atomic E-state index is -1.31. The fourth-order valence-corrected chi connectivity index (χ4v) is 0.697. The van der Waals surface area contributed by atoms with E-state index in [-0.39, 0.29) is 19.0 Å². The molecule has 0 spiro atoms. The van der Waals surface area contributed by atoms with Crippen LogP contribution >= 0.6 is 0 Å². The van der Waals surface area contributed by atoms with Gasteiger partial charge in [0.25, 0.3) is 0 Å². The van der Waals surface area contributed by atoms with Crippen LogP contribution in [-0.2, 0) is 9.59 Å². The Hall–Kier alpha value is -1.83. The molecule has 0 aromatic carbocycles. The van der Waals surface area contributed by atoms with Gasteiger partial charge in [-0.25, -0.2) is 9.59 Å². The van der Waals surface area contributed by atoms with Gasteiger partial charge in [-0.05, 0) is 6.42 Å². The monoisotopic (exact) mass is 207 g/mol. The number of hydrogen-bond donors (Lipinski definition) is 5. The first-order valence-corrected chi connectivity index (χ1v) is 3.44. The molecule has 0 bridgehead atoms. The zero-order chi connectivity index (χ0) is 10.4. The number of hydrogen-bond acceptors (Lipinski definition) is 4. The predicted octanol–water partition coefficient (Wildman–Crippen LogP) is -0.865. The van der Waals surface area contributed by atoms with E-state index in [2.05, 4.69) is 5.73 Å². The van der Waals surface area contributed by atoms with Crippen LogP contribution in [0.1, 0.15) is 12.8 Å². The number of carbonyl (C=O) groups is 3. The Labute approximate surface area is 79.7 Å². The normalized spacial score (nSPS) is 10.9. The molecule has 14 heavy (non-hydrogen) atoms. The molecule has 0 rings (SSSR count). The van der Waals surface area contributed by atoms with Crippen molar-refractivity contribution in [3.05, 3.63) is 0 Å². The van der Waals surface area contributed by atoms with Gasteiger partial charge in [-0.15, -0.1) is 0 Å². The zero-order valence-electron chi connectivity index (χ0n) is 7.40. The van der Waals surface area contributed by atoms with E-state index in [9.17, 15) is 14.4 Å². The van der Waals surface area contributed by atoms with Crippen LogP contribution in [0.25, 0.3) is 0 Å². The molecule has 8 nitrogen and oxygen atoms in total. The molecular formula is C6H13N3O5. The Kier molecular flexibility index (Phi) is 6.98. The summed E-state index contributed by atoms with van der Waals surface area (Å²) in [5, 5.41) is 18.6. The molecule has 0 aromatic rings. The highest BCUT2D eigenvalue weighted by molar-refractivity contribution is 5.82. The van der Waals surface area contributed by atoms with E-state index in [1.807, 2.05) is 5.32 Å². The highest BCUT2D eigenvalue weighted by Crippen LogP contribution is 1.97. The fourth-order valence-electron chi connectivity index (χ4n) is 0.697. The van der Waals surface area contributed by atoms with Crippen LogP contribution in [0.4, 0.5) is 4.79 Å². The molecule has 0 aromatic heterocycles. The van der Waals surface area contributed by atoms with Crippen LogP contribution in [0.5, 0.6) is 0 Å². The summed E-state index contributed by atoms with van der Waals surface area (Å²) in [6.07, 6.45) is -0.523. The highest BCUT2D eigenvalue weighted by Gasteiger charge is 2.19. The lowest BCUT2D eigenvalue weighted by molar-refractivity contribution is -0.140. The van der Waals surface area contributed by atoms with Gasteiger partial charge in [0.1, 0.15) is 6.04 Å². The molecule has 0 radical (unpaired) electrons. The van der Waals surface area contributed by atoms with Crippen LogP contribution < -0.4 is 17.2 Å². The Morgan fingerprint density at radius 1 is 1.29 bits per heavy atom. The van der Waals surface area contributed by atoms with Crippen molar-refractivity contribution >= 4 is 18.0 Å². The van der Waals surface area contributed by atoms with Crippen molar-refractivity contribution in [2.24, 2.45) is 5.73 Å². The Balaban J connectivity index is 0. The van der Waals surface area contributed by atoms with Gasteiger partial charge in [0.15, 0.2) is 0 Å². The molecule has 0 aliphatic rings. The molecule has 82 valence electrons. The van der Waals surface area contributed by atoms with E-state index in [0.717, 1.165) is 0 Å². The van der Waals surface area contributed by atoms with Crippen molar-refractivity contribution in [3.63, 3.8) is 0 Å². The number of carboxylic acid groups (broad SMARTS) is 2. The van der Waals surface area contributed by atoms with Crippen LogP contribution in [0, 0.1) is 0 Å². The van der Waals surface area contributed by atoms with Gasteiger partial charge in [-0.3, -0.25) is 4.79 Å². The molecular weight excluding hydrogens is 194 g/mol. The van der Waals surface area contributed by atoms with Gasteiger partial charge in [-0.2, -0.15) is 0 Å². The Morgan fingerprint density at radius 2 is 1.79 bits per heavy atom. The van der Waals surface area contributed by atoms with E-state index in [0.29, 0.717) is 0 Å². The number of carbonyl (C=O) groups excluding carboxylic acids is 1. The lowest BCUT2D eigenvalue weighted by Crippen LogP contribution is -2.43. The summed E-state index contributed by atoms with van der Waals surface area (Å²) in [6.45, 7) is 0. The van der Waals surface area contributed by atoms with Crippen molar-refractivity contribution in [1.82, 2.24) is 11.5 Å². The van der Waals surface area contributed by atoms with Gasteiger partial charge in [0.2, 0.25) is 0 Å². The van der Waals surface area contributed by atoms with Gasteiger partial charge in [0, 0.05) is 6.42 Å². The largest absolute Gasteiger partial charge is 0.481 e. The molecule has 0 saturated carbocycles. The second-order valence-corrected chi connectivity index (χ2v) is 2.33. The number of urea groups is 1. The van der Waals surface area contributed by atoms with Crippen LogP contribution in [0.15, 0.2) is 0 Å². The van der Waals surface area contributed by atoms with Crippen LogP contribution in [0.3, 0.4) is 0 Å². The minimum absolute atomic E-state index is 0. The number of nitrogens with two attached hydrogens (primary N) is 1. The molecule has 8 N–H and O–H groups in total. The van der Waals surface area contributed by atoms with Crippen LogP contribution in [-0.4, -0.2) is 34.2 Å². The highest BCUT2D eigenvalue weighted by atomic mass is 16.4. The lowest BCUT2D eigenvalue weighted by Gasteiger charge is -2.10. The zero-order valence-corrected chi connectivity index (χ0v) is 7.40. The van der Waals surface area contributed by atoms with Gasteiger partial charge in [0.05, 0.1) is 0 Å². The maximum Gasteiger partial charge on any atom is 0.326 e. The maximum atomic E-state index is 10.4. The van der Waals surface area contributed by atoms with Crippen molar-refractivity contribution < 1.29 is 24.6 Å². The summed E-state index contributed by atoms with van der Waals surface area (Å²) >= 11 is 0. The molecule has 8 heteroatoms. The number of rotatable bonds is 5. The molecule has 0 heterocycles. The second-order valence-electron chi connectivity index (χ2n) is 2.33. The maximum absolute atomic E-state index is 10.4. The summed E-state index contributed by atoms with van der Waals surface area (Å²) in [5.41, 5.74) is 4.68. The number of aliphatic carboxylic acids is 2. The molecule has 0 fully saturated rings. The predicted molar refractivity (Wildman–Crippen MR) is 46.0 cm³/mol. The third-order valence-corrected chi connectivity index (χ3v) is 1.26. The van der Waals surface area contributed by atoms with Gasteiger partial charge >= 0.3 is 18.0 Å². The van der Waals surface area contributed by atoms with Crippen LogP contribution in [0.2, 0.25) is 0 Å². The number of carboxylic acids is 2. The molecule has 0 unspecified atom stereocenters. The second kappa shape index (κ2) is 6.66. The molecule has 1 atom stereocenters. The number of primary amides is 1. The van der Waals surface area contributed by atoms with Gasteiger partial charge < -0.3 is 27.4 Å². The molecule has 0 aliphatic heterocycles. The average Bonchev–Trinajstić information content (AvgIpc) is 1.96. The van der Waals surface area contributed by atoms with E-state index in [1.165, 1.54) is 0 Å². The topological polar surface area (TPSA) is 165 Å². The van der Waals surface area contributed by atoms with Crippen molar-refractivity contribution in [2.45, 2.75) is 18.9 Å². The van der Waals surface area contributed by atoms with E-state index < -0.39 is 24.0 Å². The van der Waals surface area contributed by atoms with Crippen molar-refractivity contribution in [3.8, 4) is 0 Å². The van der Waals surface area contributed by atoms with Crippen molar-refractivity contribution in [1.29, 1.82) is 0 Å². The lowest BCUT2D eigenvalue weighted by atomic mass is 10.1. The Morgan fingerprint density at radius 3 is 2.07 bits per heavy atom. The SMILES string of the molecule is N.NC(=O)N[C@@H](CCC(=O)O)C(=O)O. The van der Waals surface area contributed by atoms with Crippen molar-refractivity contribution in [2.75, 3.05) is 0 Å². The minimum Gasteiger partial charge on any atom is -0.481 e. The first-order valence-electron chi connectivity index (χ1n) is 3.44. The third kappa shape index (κ3) is 6.85. The fraction of sp³-hybridized carbons (Fsp3) is 0.500. The van der Waals surface area contributed by atoms with Gasteiger partial charge in [-0.1, -0.05) is 0 Å². The smallest absolute Gasteiger partial charge is 0.326 e. The number of amides is 2. The first kappa shape index (κ1) is 14.7. The molecule has 0 aliphatic carbocycles. The average molecular weight is 207 g/mol. The summed E-state index contributed by atoms with van der Waals surface area (Å²) in [6, 6.07) is -2.23. The molecule has 0 saturated heterocycles. The molecule has 2 amide bonds. The Bertz CT molecular complexity index is 230. The van der Waals surface area contributed by atoms with E-state index >= 15 is 0 Å². The first-order chi connectivity index (χ1) is 5.93. The summed E-state index contributed by atoms with van der Waals surface area (Å²) < 4.78 is 0. The van der Waals surface area contributed by atoms with E-state index in [4.69, 9.17) is 10.2 Å². The summed E-state index contributed by atoms with van der Waals surface area (Å²) in [4.78, 5) is 30.7. The summed E-state index contributed by atoms with van der Waals surface area (Å²) in [5.74, 6) is -2.43. The third-order valence-electron chi connectivity index (χ3n) is 1.26. The number of nitrogens with one attached hydrogen (secondary N) is 1. The standard InChI is InChI=1S/C6H10N2O5.H3N/c7-6(13)8-3(5(11)12)1-2-4(9)10;/h3H,1-2H2,(H,9,10)(H,11,12)(H3,7,8,13);1H3/t3-;/m0./s1. The van der Waals surface area contributed by atoms with E-state index in [1.54, 1.807) is 0 Å². The quantitative estimate of drug-likeness (QED) is 0.393. The summed E-state index contributed by atoms with van der Waals surface area (Å²) in [7, 11) is 0.